The number of nitrogens with zero attached hydrogens (tertiary/aromatic N) is 2. The topological polar surface area (TPSA) is 88.3 Å². The van der Waals surface area contributed by atoms with Gasteiger partial charge in [-0.25, -0.2) is 0 Å². The normalized spacial score (nSPS) is 9.88. The van der Waals surface area contributed by atoms with E-state index in [0.717, 1.165) is 0 Å². The molecule has 1 heterocycles. The monoisotopic (exact) mass is 231 g/mol. The van der Waals surface area contributed by atoms with Crippen molar-refractivity contribution < 1.29 is 10.0 Å². The average Bonchev–Trinajstić information content (AvgIpc) is 2.29. The summed E-state index contributed by atoms with van der Waals surface area (Å²) in [5, 5.41) is 22.9. The number of nitrogens with one attached hydrogen (secondary N) is 1. The Bertz CT molecular complexity index is 557. The first-order chi connectivity index (χ1) is 8.16. The summed E-state index contributed by atoms with van der Waals surface area (Å²) in [5.41, 5.74) is 0.783. The Labute approximate surface area is 96.7 Å². The van der Waals surface area contributed by atoms with Gasteiger partial charge in [-0.15, -0.1) is 0 Å². The molecule has 0 amide bonds. The lowest BCUT2D eigenvalue weighted by atomic mass is 10.2. The van der Waals surface area contributed by atoms with Gasteiger partial charge in [-0.2, -0.15) is 0 Å². The maximum Gasteiger partial charge on any atom is 0.310 e. The van der Waals surface area contributed by atoms with Gasteiger partial charge in [-0.1, -0.05) is 6.07 Å². The zero-order valence-corrected chi connectivity index (χ0v) is 8.70. The zero-order chi connectivity index (χ0) is 12.3. The van der Waals surface area contributed by atoms with Crippen LogP contribution in [0, 0.1) is 10.1 Å². The van der Waals surface area contributed by atoms with Gasteiger partial charge in [0.15, 0.2) is 0 Å². The number of pyridine rings is 1. The van der Waals surface area contributed by atoms with Crippen LogP contribution in [0.4, 0.5) is 17.1 Å². The van der Waals surface area contributed by atoms with E-state index in [1.165, 1.54) is 30.6 Å². The summed E-state index contributed by atoms with van der Waals surface area (Å²) < 4.78 is 0. The molecular weight excluding hydrogens is 222 g/mol. The van der Waals surface area contributed by atoms with Gasteiger partial charge in [0.25, 0.3) is 0 Å². The number of hydrogen-bond donors (Lipinski definition) is 2. The molecule has 0 saturated carbocycles. The van der Waals surface area contributed by atoms with E-state index in [1.807, 2.05) is 0 Å². The second kappa shape index (κ2) is 4.48. The Morgan fingerprint density at radius 3 is 2.88 bits per heavy atom. The summed E-state index contributed by atoms with van der Waals surface area (Å²) in [7, 11) is 0. The number of benzene rings is 1. The van der Waals surface area contributed by atoms with Crippen molar-refractivity contribution in [1.82, 2.24) is 4.98 Å². The van der Waals surface area contributed by atoms with E-state index in [0.29, 0.717) is 11.4 Å². The van der Waals surface area contributed by atoms with Crippen molar-refractivity contribution in [2.75, 3.05) is 5.32 Å². The molecular formula is C11H9N3O3. The third-order valence-corrected chi connectivity index (χ3v) is 2.12. The molecule has 0 aliphatic heterocycles. The van der Waals surface area contributed by atoms with Crippen LogP contribution in [0.1, 0.15) is 0 Å². The van der Waals surface area contributed by atoms with Crippen molar-refractivity contribution in [2.45, 2.75) is 0 Å². The van der Waals surface area contributed by atoms with Crippen LogP contribution in [0.5, 0.6) is 5.75 Å². The maximum atomic E-state index is 10.8. The highest BCUT2D eigenvalue weighted by atomic mass is 16.6. The van der Waals surface area contributed by atoms with E-state index in [-0.39, 0.29) is 11.4 Å². The van der Waals surface area contributed by atoms with E-state index in [2.05, 4.69) is 10.3 Å². The largest absolute Gasteiger partial charge is 0.508 e. The fraction of sp³-hybridized carbons (Fsp3) is 0. The first kappa shape index (κ1) is 10.9. The molecule has 1 aromatic heterocycles. The van der Waals surface area contributed by atoms with Crippen molar-refractivity contribution in [3.05, 3.63) is 52.8 Å². The highest BCUT2D eigenvalue weighted by molar-refractivity contribution is 5.68. The third kappa shape index (κ3) is 2.49. The molecule has 17 heavy (non-hydrogen) atoms. The Hall–Kier alpha value is -2.63. The Morgan fingerprint density at radius 1 is 1.35 bits per heavy atom. The van der Waals surface area contributed by atoms with Gasteiger partial charge in [-0.3, -0.25) is 15.1 Å². The maximum absolute atomic E-state index is 10.8. The predicted molar refractivity (Wildman–Crippen MR) is 62.3 cm³/mol. The molecule has 6 heteroatoms. The summed E-state index contributed by atoms with van der Waals surface area (Å²) >= 11 is 0. The Balaban J connectivity index is 2.33. The third-order valence-electron chi connectivity index (χ3n) is 2.12. The molecule has 0 aliphatic carbocycles. The molecule has 6 nitrogen and oxygen atoms in total. The number of rotatable bonds is 3. The number of phenolic OH excluding ortho intramolecular Hbond substituents is 1. The molecule has 1 aromatic carbocycles. The number of anilines is 2. The van der Waals surface area contributed by atoms with Crippen molar-refractivity contribution >= 4 is 17.1 Å². The first-order valence-corrected chi connectivity index (χ1v) is 4.81. The minimum absolute atomic E-state index is 0.0895. The van der Waals surface area contributed by atoms with Gasteiger partial charge in [0.2, 0.25) is 0 Å². The SMILES string of the molecule is O=[N+]([O-])c1cnccc1Nc1cccc(O)c1. The quantitative estimate of drug-likeness (QED) is 0.625. The van der Waals surface area contributed by atoms with Crippen LogP contribution >= 0.6 is 0 Å². The molecule has 2 rings (SSSR count). The molecule has 86 valence electrons. The molecule has 0 radical (unpaired) electrons. The molecule has 0 aliphatic rings. The van der Waals surface area contributed by atoms with Crippen molar-refractivity contribution in [2.24, 2.45) is 0 Å². The Kier molecular flexibility index (Phi) is 2.87. The molecule has 0 saturated heterocycles. The molecule has 0 bridgehead atoms. The molecule has 0 fully saturated rings. The van der Waals surface area contributed by atoms with Gasteiger partial charge in [0.1, 0.15) is 17.6 Å². The molecule has 0 atom stereocenters. The second-order valence-corrected chi connectivity index (χ2v) is 3.33. The lowest BCUT2D eigenvalue weighted by Gasteiger charge is -2.06. The average molecular weight is 231 g/mol. The van der Waals surface area contributed by atoms with Crippen LogP contribution in [0.15, 0.2) is 42.7 Å². The van der Waals surface area contributed by atoms with Crippen molar-refractivity contribution in [1.29, 1.82) is 0 Å². The minimum Gasteiger partial charge on any atom is -0.508 e. The van der Waals surface area contributed by atoms with Gasteiger partial charge < -0.3 is 10.4 Å². The van der Waals surface area contributed by atoms with Gasteiger partial charge in [-0.05, 0) is 18.2 Å². The van der Waals surface area contributed by atoms with Crippen LogP contribution in [0.2, 0.25) is 0 Å². The predicted octanol–water partition coefficient (Wildman–Crippen LogP) is 2.44. The van der Waals surface area contributed by atoms with Crippen LogP contribution < -0.4 is 5.32 Å². The van der Waals surface area contributed by atoms with Crippen LogP contribution in [-0.2, 0) is 0 Å². The highest BCUT2D eigenvalue weighted by Crippen LogP contribution is 2.27. The number of aromatic hydroxyl groups is 1. The summed E-state index contributed by atoms with van der Waals surface area (Å²) in [4.78, 5) is 13.9. The standard InChI is InChI=1S/C11H9N3O3/c15-9-3-1-2-8(6-9)13-10-4-5-12-7-11(10)14(16)17/h1-7,15H,(H,12,13). The minimum atomic E-state index is -0.516. The van der Waals surface area contributed by atoms with Crippen molar-refractivity contribution in [3.8, 4) is 5.75 Å². The molecule has 2 N–H and O–H groups in total. The number of nitro groups is 1. The number of phenols is 1. The first-order valence-electron chi connectivity index (χ1n) is 4.81. The van der Waals surface area contributed by atoms with Crippen LogP contribution in [0.3, 0.4) is 0 Å². The summed E-state index contributed by atoms with van der Waals surface area (Å²) in [6.07, 6.45) is 2.63. The van der Waals surface area contributed by atoms with Crippen molar-refractivity contribution in [3.63, 3.8) is 0 Å². The van der Waals surface area contributed by atoms with E-state index in [9.17, 15) is 15.2 Å². The summed E-state index contributed by atoms with van der Waals surface area (Å²) in [5.74, 6) is 0.0895. The van der Waals surface area contributed by atoms with Crippen LogP contribution in [-0.4, -0.2) is 15.0 Å². The lowest BCUT2D eigenvalue weighted by molar-refractivity contribution is -0.384. The smallest absolute Gasteiger partial charge is 0.310 e. The van der Waals surface area contributed by atoms with Gasteiger partial charge in [0, 0.05) is 18.0 Å². The number of hydrogen-bond acceptors (Lipinski definition) is 5. The molecule has 2 aromatic rings. The van der Waals surface area contributed by atoms with Crippen LogP contribution in [0.25, 0.3) is 0 Å². The number of aromatic nitrogens is 1. The lowest BCUT2D eigenvalue weighted by Crippen LogP contribution is -1.97. The fourth-order valence-corrected chi connectivity index (χ4v) is 1.38. The van der Waals surface area contributed by atoms with E-state index in [1.54, 1.807) is 12.1 Å². The second-order valence-electron chi connectivity index (χ2n) is 3.33. The summed E-state index contributed by atoms with van der Waals surface area (Å²) in [6.45, 7) is 0. The highest BCUT2D eigenvalue weighted by Gasteiger charge is 2.13. The molecule has 0 unspecified atom stereocenters. The van der Waals surface area contributed by atoms with Gasteiger partial charge >= 0.3 is 5.69 Å². The van der Waals surface area contributed by atoms with Gasteiger partial charge in [0.05, 0.1) is 4.92 Å². The zero-order valence-electron chi connectivity index (χ0n) is 8.70. The molecule has 0 spiro atoms. The van der Waals surface area contributed by atoms with E-state index >= 15 is 0 Å². The van der Waals surface area contributed by atoms with E-state index < -0.39 is 4.92 Å². The summed E-state index contributed by atoms with van der Waals surface area (Å²) in [6, 6.07) is 7.84. The fourth-order valence-electron chi connectivity index (χ4n) is 1.38. The van der Waals surface area contributed by atoms with E-state index in [4.69, 9.17) is 0 Å². The Morgan fingerprint density at radius 2 is 2.18 bits per heavy atom.